The number of nitrogens with one attached hydrogen (secondary N) is 1. The molecule has 0 aliphatic carbocycles. The highest BCUT2D eigenvalue weighted by Gasteiger charge is 2.28. The summed E-state index contributed by atoms with van der Waals surface area (Å²) >= 11 is 1.39. The molecule has 0 amide bonds. The van der Waals surface area contributed by atoms with E-state index >= 15 is 0 Å². The smallest absolute Gasteiger partial charge is 0.422 e. The van der Waals surface area contributed by atoms with Gasteiger partial charge in [0.1, 0.15) is 5.75 Å². The molecule has 6 nitrogen and oxygen atoms in total. The van der Waals surface area contributed by atoms with Crippen LogP contribution in [0.5, 0.6) is 5.75 Å². The lowest BCUT2D eigenvalue weighted by atomic mass is 10.2. The van der Waals surface area contributed by atoms with Crippen LogP contribution < -0.4 is 10.2 Å². The Morgan fingerprint density at radius 3 is 2.79 bits per heavy atom. The normalized spacial score (nSPS) is 11.8. The van der Waals surface area contributed by atoms with E-state index in [1.807, 2.05) is 24.3 Å². The van der Waals surface area contributed by atoms with E-state index < -0.39 is 12.8 Å². The van der Waals surface area contributed by atoms with Gasteiger partial charge in [0.2, 0.25) is 0 Å². The van der Waals surface area contributed by atoms with Gasteiger partial charge in [-0.05, 0) is 25.1 Å². The van der Waals surface area contributed by atoms with E-state index in [1.165, 1.54) is 24.0 Å². The number of pyridine rings is 1. The molecule has 3 rings (SSSR count). The maximum Gasteiger partial charge on any atom is 0.422 e. The molecule has 0 saturated heterocycles. The second-order valence-corrected chi connectivity index (χ2v) is 6.87. The van der Waals surface area contributed by atoms with Crippen LogP contribution in [0.1, 0.15) is 11.3 Å². The van der Waals surface area contributed by atoms with Crippen LogP contribution in [0.3, 0.4) is 0 Å². The van der Waals surface area contributed by atoms with E-state index in [-0.39, 0.29) is 12.4 Å². The van der Waals surface area contributed by atoms with Crippen molar-refractivity contribution in [3.63, 3.8) is 0 Å². The number of hydrogen-bond acceptors (Lipinski definition) is 6. The Kier molecular flexibility index (Phi) is 6.30. The number of imidazole rings is 1. The van der Waals surface area contributed by atoms with E-state index in [9.17, 15) is 13.2 Å². The molecule has 3 aromatic rings. The summed E-state index contributed by atoms with van der Waals surface area (Å²) in [4.78, 5) is 8.84. The average molecular weight is 412 g/mol. The molecule has 1 aromatic carbocycles. The van der Waals surface area contributed by atoms with Crippen LogP contribution >= 0.6 is 11.8 Å². The van der Waals surface area contributed by atoms with Gasteiger partial charge in [0.05, 0.1) is 29.9 Å². The first kappa shape index (κ1) is 20.3. The molecule has 0 fully saturated rings. The van der Waals surface area contributed by atoms with Gasteiger partial charge in [0.15, 0.2) is 11.8 Å². The Morgan fingerprint density at radius 2 is 2.04 bits per heavy atom. The number of benzene rings is 1. The average Bonchev–Trinajstić information content (AvgIpc) is 3.01. The Balaban J connectivity index is 1.79. The van der Waals surface area contributed by atoms with Crippen LogP contribution in [0.2, 0.25) is 0 Å². The van der Waals surface area contributed by atoms with E-state index in [1.54, 1.807) is 11.6 Å². The molecule has 10 heteroatoms. The number of fused-ring (bicyclic) bond motifs is 1. The first-order chi connectivity index (χ1) is 13.4. The molecule has 2 N–H and O–H groups in total. The van der Waals surface area contributed by atoms with Gasteiger partial charge in [-0.3, -0.25) is 4.98 Å². The minimum Gasteiger partial charge on any atom is -0.484 e. The molecule has 0 aliphatic heterocycles. The second kappa shape index (κ2) is 8.70. The van der Waals surface area contributed by atoms with Gasteiger partial charge >= 0.3 is 6.18 Å². The molecule has 2 heterocycles. The molecule has 150 valence electrons. The molecule has 28 heavy (non-hydrogen) atoms. The van der Waals surface area contributed by atoms with Crippen molar-refractivity contribution in [2.24, 2.45) is 0 Å². The fourth-order valence-corrected chi connectivity index (χ4v) is 3.58. The summed E-state index contributed by atoms with van der Waals surface area (Å²) in [6.07, 6.45) is -2.96. The van der Waals surface area contributed by atoms with Gasteiger partial charge in [-0.25, -0.2) is 9.66 Å². The topological polar surface area (TPSA) is 72.2 Å². The zero-order valence-electron chi connectivity index (χ0n) is 15.0. The van der Waals surface area contributed by atoms with Gasteiger partial charge < -0.3 is 15.3 Å². The summed E-state index contributed by atoms with van der Waals surface area (Å²) in [6, 6.07) is 8.99. The number of halogens is 3. The fraction of sp³-hybridized carbons (Fsp3) is 0.333. The van der Waals surface area contributed by atoms with E-state index in [2.05, 4.69) is 15.4 Å². The molecule has 0 bridgehead atoms. The van der Waals surface area contributed by atoms with Crippen molar-refractivity contribution in [2.75, 3.05) is 25.2 Å². The number of nitrogens with zero attached hydrogens (tertiary/aromatic N) is 3. The highest BCUT2D eigenvalue weighted by molar-refractivity contribution is 7.98. The molecule has 0 unspecified atom stereocenters. The number of hydrogen-bond donors (Lipinski definition) is 2. The van der Waals surface area contributed by atoms with Gasteiger partial charge in [-0.15, -0.1) is 0 Å². The number of thioether (sulfide) groups is 1. The molecule has 0 radical (unpaired) electrons. The van der Waals surface area contributed by atoms with Crippen molar-refractivity contribution in [1.29, 1.82) is 0 Å². The minimum absolute atomic E-state index is 0.0319. The number of aliphatic hydroxyl groups excluding tert-OH is 1. The van der Waals surface area contributed by atoms with Crippen molar-refractivity contribution in [2.45, 2.75) is 24.0 Å². The predicted octanol–water partition coefficient (Wildman–Crippen LogP) is 3.51. The van der Waals surface area contributed by atoms with Crippen molar-refractivity contribution in [3.8, 4) is 5.75 Å². The third-order valence-corrected chi connectivity index (χ3v) is 4.85. The molecule has 0 aliphatic rings. The van der Waals surface area contributed by atoms with E-state index in [0.717, 1.165) is 11.0 Å². The zero-order chi connectivity index (χ0) is 20.1. The molecular formula is C18H19F3N4O2S. The Morgan fingerprint density at radius 1 is 1.25 bits per heavy atom. The monoisotopic (exact) mass is 412 g/mol. The summed E-state index contributed by atoms with van der Waals surface area (Å²) in [7, 11) is 0. The number of rotatable bonds is 8. The van der Waals surface area contributed by atoms with Gasteiger partial charge in [-0.2, -0.15) is 13.2 Å². The second-order valence-electron chi connectivity index (χ2n) is 5.92. The van der Waals surface area contributed by atoms with Gasteiger partial charge in [-0.1, -0.05) is 23.9 Å². The van der Waals surface area contributed by atoms with Crippen LogP contribution in [-0.4, -0.2) is 45.7 Å². The lowest BCUT2D eigenvalue weighted by Gasteiger charge is -2.14. The van der Waals surface area contributed by atoms with Gasteiger partial charge in [0, 0.05) is 17.5 Å². The van der Waals surface area contributed by atoms with Crippen LogP contribution in [0.25, 0.3) is 11.0 Å². The highest BCUT2D eigenvalue weighted by atomic mass is 32.2. The molecule has 2 aromatic heterocycles. The number of ether oxygens (including phenoxy) is 1. The largest absolute Gasteiger partial charge is 0.484 e. The number of aromatic nitrogens is 3. The SMILES string of the molecule is Cc1c(OCC(F)(F)F)ccnc1CSc1nc2ccccc2n1NCCO. The minimum atomic E-state index is -4.39. The molecular weight excluding hydrogens is 393 g/mol. The van der Waals surface area contributed by atoms with Crippen LogP contribution in [0.15, 0.2) is 41.7 Å². The molecule has 0 saturated carbocycles. The number of aliphatic hydroxyl groups is 1. The molecule has 0 spiro atoms. The van der Waals surface area contributed by atoms with E-state index in [4.69, 9.17) is 9.84 Å². The lowest BCUT2D eigenvalue weighted by Crippen LogP contribution is -2.20. The summed E-state index contributed by atoms with van der Waals surface area (Å²) in [5.41, 5.74) is 5.93. The van der Waals surface area contributed by atoms with Crippen molar-refractivity contribution >= 4 is 22.8 Å². The molecule has 0 atom stereocenters. The fourth-order valence-electron chi connectivity index (χ4n) is 2.57. The number of alkyl halides is 3. The Hall–Kier alpha value is -2.46. The predicted molar refractivity (Wildman–Crippen MR) is 101 cm³/mol. The van der Waals surface area contributed by atoms with Gasteiger partial charge in [0.25, 0.3) is 0 Å². The maximum atomic E-state index is 12.4. The van der Waals surface area contributed by atoms with Crippen molar-refractivity contribution in [1.82, 2.24) is 14.6 Å². The third kappa shape index (κ3) is 4.87. The van der Waals surface area contributed by atoms with Crippen LogP contribution in [0, 0.1) is 6.92 Å². The Labute approximate surface area is 163 Å². The lowest BCUT2D eigenvalue weighted by molar-refractivity contribution is -0.153. The summed E-state index contributed by atoms with van der Waals surface area (Å²) < 4.78 is 43.9. The Bertz CT molecular complexity index is 946. The quantitative estimate of drug-likeness (QED) is 0.552. The van der Waals surface area contributed by atoms with Crippen LogP contribution in [0.4, 0.5) is 13.2 Å². The maximum absolute atomic E-state index is 12.4. The zero-order valence-corrected chi connectivity index (χ0v) is 15.8. The standard InChI is InChI=1S/C18H19F3N4O2S/c1-12-14(22-7-6-16(12)27-11-18(19,20)21)10-28-17-24-13-4-2-3-5-15(13)25(17)23-8-9-26/h2-7,23,26H,8-11H2,1H3. The summed E-state index contributed by atoms with van der Waals surface area (Å²) in [5.74, 6) is 0.564. The van der Waals surface area contributed by atoms with Crippen molar-refractivity contribution < 1.29 is 23.0 Å². The summed E-state index contributed by atoms with van der Waals surface area (Å²) in [6.45, 7) is 0.661. The summed E-state index contributed by atoms with van der Waals surface area (Å²) in [5, 5.41) is 9.77. The first-order valence-corrected chi connectivity index (χ1v) is 9.46. The first-order valence-electron chi connectivity index (χ1n) is 8.48. The third-order valence-electron chi connectivity index (χ3n) is 3.90. The van der Waals surface area contributed by atoms with E-state index in [0.29, 0.717) is 28.7 Å². The van der Waals surface area contributed by atoms with Crippen LogP contribution in [-0.2, 0) is 5.75 Å². The highest BCUT2D eigenvalue weighted by Crippen LogP contribution is 2.29. The number of para-hydroxylation sites is 2. The van der Waals surface area contributed by atoms with Crippen molar-refractivity contribution in [3.05, 3.63) is 47.8 Å².